The zero-order valence-corrected chi connectivity index (χ0v) is 12.5. The minimum Gasteiger partial charge on any atom is -0.409 e. The SMILES string of the molecule is CC(C)CNCCS(=O)(=O)c1ccc(/C(N)=N/O)cc1. The van der Waals surface area contributed by atoms with E-state index in [0.717, 1.165) is 6.54 Å². The highest BCUT2D eigenvalue weighted by molar-refractivity contribution is 7.91. The predicted molar refractivity (Wildman–Crippen MR) is 78.7 cm³/mol. The molecule has 0 fully saturated rings. The third-order valence-corrected chi connectivity index (χ3v) is 4.45. The monoisotopic (exact) mass is 299 g/mol. The maximum atomic E-state index is 12.1. The Morgan fingerprint density at radius 3 is 2.45 bits per heavy atom. The fourth-order valence-corrected chi connectivity index (χ4v) is 2.81. The lowest BCUT2D eigenvalue weighted by molar-refractivity contribution is 0.318. The lowest BCUT2D eigenvalue weighted by Gasteiger charge is -2.08. The van der Waals surface area contributed by atoms with Crippen LogP contribution in [-0.4, -0.2) is 38.3 Å². The molecule has 0 aliphatic carbocycles. The van der Waals surface area contributed by atoms with Gasteiger partial charge in [0, 0.05) is 12.1 Å². The van der Waals surface area contributed by atoms with Crippen molar-refractivity contribution in [2.45, 2.75) is 18.7 Å². The average molecular weight is 299 g/mol. The Kier molecular flexibility index (Phi) is 5.97. The van der Waals surface area contributed by atoms with Gasteiger partial charge in [0.15, 0.2) is 15.7 Å². The zero-order valence-electron chi connectivity index (χ0n) is 11.7. The van der Waals surface area contributed by atoms with Crippen LogP contribution < -0.4 is 11.1 Å². The lowest BCUT2D eigenvalue weighted by atomic mass is 10.2. The van der Waals surface area contributed by atoms with Crippen molar-refractivity contribution in [3.63, 3.8) is 0 Å². The van der Waals surface area contributed by atoms with Crippen LogP contribution in [0, 0.1) is 5.92 Å². The van der Waals surface area contributed by atoms with E-state index < -0.39 is 9.84 Å². The van der Waals surface area contributed by atoms with Crippen molar-refractivity contribution in [2.75, 3.05) is 18.8 Å². The zero-order chi connectivity index (χ0) is 15.2. The molecule has 0 saturated heterocycles. The molecule has 1 aromatic rings. The van der Waals surface area contributed by atoms with E-state index in [2.05, 4.69) is 24.3 Å². The minimum absolute atomic E-state index is 0.0443. The molecule has 6 nitrogen and oxygen atoms in total. The second-order valence-electron chi connectivity index (χ2n) is 4.93. The van der Waals surface area contributed by atoms with E-state index in [1.165, 1.54) is 24.3 Å². The first-order chi connectivity index (χ1) is 9.36. The predicted octanol–water partition coefficient (Wildman–Crippen LogP) is 0.800. The molecule has 0 heterocycles. The van der Waals surface area contributed by atoms with Crippen molar-refractivity contribution in [3.05, 3.63) is 29.8 Å². The van der Waals surface area contributed by atoms with E-state index in [1.54, 1.807) is 0 Å². The van der Waals surface area contributed by atoms with E-state index in [0.29, 0.717) is 18.0 Å². The van der Waals surface area contributed by atoms with Gasteiger partial charge in [0.2, 0.25) is 0 Å². The van der Waals surface area contributed by atoms with E-state index in [-0.39, 0.29) is 16.5 Å². The van der Waals surface area contributed by atoms with Gasteiger partial charge in [0.25, 0.3) is 0 Å². The summed E-state index contributed by atoms with van der Waals surface area (Å²) in [6, 6.07) is 5.96. The van der Waals surface area contributed by atoms with Crippen LogP contribution in [0.4, 0.5) is 0 Å². The number of rotatable bonds is 7. The highest BCUT2D eigenvalue weighted by Gasteiger charge is 2.14. The summed E-state index contributed by atoms with van der Waals surface area (Å²) in [5.41, 5.74) is 5.90. The summed E-state index contributed by atoms with van der Waals surface area (Å²) >= 11 is 0. The highest BCUT2D eigenvalue weighted by Crippen LogP contribution is 2.12. The van der Waals surface area contributed by atoms with Gasteiger partial charge in [0.05, 0.1) is 10.6 Å². The Bertz CT molecular complexity index is 551. The van der Waals surface area contributed by atoms with E-state index in [1.807, 2.05) is 0 Å². The van der Waals surface area contributed by atoms with Crippen LogP contribution in [0.2, 0.25) is 0 Å². The first-order valence-corrected chi connectivity index (χ1v) is 8.03. The van der Waals surface area contributed by atoms with Crippen LogP contribution in [0.15, 0.2) is 34.3 Å². The standard InChI is InChI=1S/C13H21N3O3S/c1-10(2)9-15-7-8-20(18,19)12-5-3-11(4-6-12)13(14)16-17/h3-6,10,15,17H,7-9H2,1-2H3,(H2,14,16). The molecule has 0 atom stereocenters. The maximum Gasteiger partial charge on any atom is 0.179 e. The number of benzene rings is 1. The Hall–Kier alpha value is -1.60. The fourth-order valence-electron chi connectivity index (χ4n) is 1.61. The number of nitrogens with two attached hydrogens (primary N) is 1. The number of nitrogens with one attached hydrogen (secondary N) is 1. The summed E-state index contributed by atoms with van der Waals surface area (Å²) in [6.45, 7) is 5.33. The molecule has 0 radical (unpaired) electrons. The van der Waals surface area contributed by atoms with Crippen molar-refractivity contribution >= 4 is 15.7 Å². The Morgan fingerprint density at radius 1 is 1.35 bits per heavy atom. The smallest absolute Gasteiger partial charge is 0.179 e. The summed E-state index contributed by atoms with van der Waals surface area (Å²) in [5, 5.41) is 14.5. The number of nitrogens with zero attached hydrogens (tertiary/aromatic N) is 1. The van der Waals surface area contributed by atoms with Gasteiger partial charge in [-0.1, -0.05) is 19.0 Å². The largest absolute Gasteiger partial charge is 0.409 e. The molecule has 112 valence electrons. The number of sulfone groups is 1. The second-order valence-corrected chi connectivity index (χ2v) is 7.04. The summed E-state index contributed by atoms with van der Waals surface area (Å²) < 4.78 is 24.2. The van der Waals surface area contributed by atoms with Gasteiger partial charge in [-0.2, -0.15) is 0 Å². The van der Waals surface area contributed by atoms with Crippen molar-refractivity contribution in [2.24, 2.45) is 16.8 Å². The summed E-state index contributed by atoms with van der Waals surface area (Å²) in [7, 11) is -3.31. The van der Waals surface area contributed by atoms with Crippen LogP contribution >= 0.6 is 0 Å². The molecule has 1 aromatic carbocycles. The van der Waals surface area contributed by atoms with Crippen LogP contribution in [0.5, 0.6) is 0 Å². The molecule has 0 bridgehead atoms. The molecule has 1 rings (SSSR count). The Balaban J connectivity index is 2.68. The van der Waals surface area contributed by atoms with Gasteiger partial charge in [-0.3, -0.25) is 0 Å². The van der Waals surface area contributed by atoms with Crippen molar-refractivity contribution < 1.29 is 13.6 Å². The molecule has 0 spiro atoms. The Labute approximate surface area is 119 Å². The molecule has 7 heteroatoms. The summed E-state index contributed by atoms with van der Waals surface area (Å²) in [4.78, 5) is 0.235. The second kappa shape index (κ2) is 7.25. The average Bonchev–Trinajstić information content (AvgIpc) is 2.43. The molecule has 0 aromatic heterocycles. The summed E-state index contributed by atoms with van der Waals surface area (Å²) in [6.07, 6.45) is 0. The fraction of sp³-hybridized carbons (Fsp3) is 0.462. The lowest BCUT2D eigenvalue weighted by Crippen LogP contribution is -2.26. The maximum absolute atomic E-state index is 12.1. The molecule has 0 aliphatic rings. The normalized spacial score (nSPS) is 12.8. The van der Waals surface area contributed by atoms with Crippen LogP contribution in [0.3, 0.4) is 0 Å². The molecule has 0 unspecified atom stereocenters. The third kappa shape index (κ3) is 4.82. The van der Waals surface area contributed by atoms with Crippen molar-refractivity contribution in [1.29, 1.82) is 0 Å². The van der Waals surface area contributed by atoms with E-state index in [9.17, 15) is 8.42 Å². The number of hydrogen-bond acceptors (Lipinski definition) is 5. The van der Waals surface area contributed by atoms with Crippen LogP contribution in [0.1, 0.15) is 19.4 Å². The Morgan fingerprint density at radius 2 is 1.95 bits per heavy atom. The van der Waals surface area contributed by atoms with Gasteiger partial charge >= 0.3 is 0 Å². The van der Waals surface area contributed by atoms with Gasteiger partial charge in [0.1, 0.15) is 0 Å². The van der Waals surface area contributed by atoms with Gasteiger partial charge < -0.3 is 16.3 Å². The first-order valence-electron chi connectivity index (χ1n) is 6.38. The van der Waals surface area contributed by atoms with Gasteiger partial charge in [-0.25, -0.2) is 8.42 Å². The number of hydrogen-bond donors (Lipinski definition) is 3. The molecular formula is C13H21N3O3S. The molecule has 0 amide bonds. The molecule has 0 aliphatic heterocycles. The van der Waals surface area contributed by atoms with Gasteiger partial charge in [-0.05, 0) is 36.7 Å². The molecule has 4 N–H and O–H groups in total. The van der Waals surface area contributed by atoms with Crippen molar-refractivity contribution in [3.8, 4) is 0 Å². The van der Waals surface area contributed by atoms with E-state index >= 15 is 0 Å². The first kappa shape index (κ1) is 16.5. The third-order valence-electron chi connectivity index (χ3n) is 2.72. The minimum atomic E-state index is -3.31. The van der Waals surface area contributed by atoms with Crippen LogP contribution in [0.25, 0.3) is 0 Å². The van der Waals surface area contributed by atoms with Gasteiger partial charge in [-0.15, -0.1) is 0 Å². The molecule has 0 saturated carbocycles. The number of oxime groups is 1. The number of amidine groups is 1. The highest BCUT2D eigenvalue weighted by atomic mass is 32.2. The quantitative estimate of drug-likeness (QED) is 0.227. The van der Waals surface area contributed by atoms with Crippen LogP contribution in [-0.2, 0) is 9.84 Å². The van der Waals surface area contributed by atoms with Crippen molar-refractivity contribution in [1.82, 2.24) is 5.32 Å². The summed E-state index contributed by atoms with van der Waals surface area (Å²) in [5.74, 6) is 0.480. The molecular weight excluding hydrogens is 278 g/mol. The van der Waals surface area contributed by atoms with E-state index in [4.69, 9.17) is 10.9 Å². The topological polar surface area (TPSA) is 105 Å². The molecule has 20 heavy (non-hydrogen) atoms.